The van der Waals surface area contributed by atoms with Gasteiger partial charge in [0.1, 0.15) is 0 Å². The Balaban J connectivity index is 2.30. The fraction of sp³-hybridized carbons (Fsp3) is 0.133. The van der Waals surface area contributed by atoms with Crippen molar-refractivity contribution in [1.29, 1.82) is 0 Å². The highest BCUT2D eigenvalue weighted by Gasteiger charge is 2.62. The van der Waals surface area contributed by atoms with Crippen molar-refractivity contribution in [3.8, 4) is 0 Å². The number of pyridine rings is 1. The lowest BCUT2D eigenvalue weighted by Gasteiger charge is -2.37. The molecule has 0 aromatic carbocycles. The van der Waals surface area contributed by atoms with Crippen LogP contribution in [-0.4, -0.2) is 33.8 Å². The molecule has 0 bridgehead atoms. The lowest BCUT2D eigenvalue weighted by atomic mass is 9.90. The normalized spacial score (nSPS) is 20.9. The molecule has 0 radical (unpaired) electrons. The number of hydrogen-bond donors (Lipinski definition) is 3. The van der Waals surface area contributed by atoms with Gasteiger partial charge in [0.15, 0.2) is 0 Å². The lowest BCUT2D eigenvalue weighted by Crippen LogP contribution is -2.66. The molecular weight excluding hydrogens is 359 g/mol. The summed E-state index contributed by atoms with van der Waals surface area (Å²) < 4.78 is 40.6. The second-order valence-electron chi connectivity index (χ2n) is 5.09. The van der Waals surface area contributed by atoms with Crippen LogP contribution in [0.1, 0.15) is 15.2 Å². The number of rotatable bonds is 3. The largest absolute Gasteiger partial charge is 0.441 e. The number of hydrogen-bond acceptors (Lipinski definition) is 5. The number of carbonyl (C=O) groups is 2. The number of Topliss-reactive ketones (excluding diaryl/α,β-unsaturated/α-hetero) is 1. The molecule has 3 rings (SSSR count). The number of thiophene rings is 1. The summed E-state index contributed by atoms with van der Waals surface area (Å²) in [5.41, 5.74) is -5.24. The van der Waals surface area contributed by atoms with Gasteiger partial charge in [-0.15, -0.1) is 11.3 Å². The molecule has 0 spiro atoms. The first kappa shape index (κ1) is 17.1. The zero-order valence-electron chi connectivity index (χ0n) is 12.3. The highest BCUT2D eigenvalue weighted by Crippen LogP contribution is 2.40. The topological polar surface area (TPSA) is 91.3 Å². The van der Waals surface area contributed by atoms with Gasteiger partial charge in [-0.1, -0.05) is 6.07 Å². The first-order valence-corrected chi connectivity index (χ1v) is 7.73. The average Bonchev–Trinajstić information content (AvgIpc) is 3.08. The number of alkyl halides is 3. The summed E-state index contributed by atoms with van der Waals surface area (Å²) in [5, 5.41) is 15.3. The van der Waals surface area contributed by atoms with E-state index in [0.29, 0.717) is 0 Å². The van der Waals surface area contributed by atoms with Crippen LogP contribution < -0.4 is 10.6 Å². The number of urea groups is 1. The van der Waals surface area contributed by atoms with E-state index >= 15 is 0 Å². The van der Waals surface area contributed by atoms with E-state index in [1.165, 1.54) is 47.4 Å². The average molecular weight is 369 g/mol. The maximum Gasteiger partial charge on any atom is 0.441 e. The maximum absolute atomic E-state index is 13.5. The van der Waals surface area contributed by atoms with Crippen molar-refractivity contribution in [1.82, 2.24) is 15.6 Å². The minimum absolute atomic E-state index is 0.0167. The number of amides is 2. The van der Waals surface area contributed by atoms with Gasteiger partial charge < -0.3 is 10.4 Å². The summed E-state index contributed by atoms with van der Waals surface area (Å²) in [6.45, 7) is 0. The molecule has 1 unspecified atom stereocenters. The monoisotopic (exact) mass is 369 g/mol. The van der Waals surface area contributed by atoms with Crippen LogP contribution in [0.15, 0.2) is 47.6 Å². The number of aromatic nitrogens is 1. The Bertz CT molecular complexity index is 850. The summed E-state index contributed by atoms with van der Waals surface area (Å²) in [4.78, 5) is 28.2. The van der Waals surface area contributed by atoms with E-state index in [1.54, 1.807) is 0 Å². The molecular formula is C15H10F3N3O3S. The van der Waals surface area contributed by atoms with Crippen molar-refractivity contribution < 1.29 is 27.9 Å². The van der Waals surface area contributed by atoms with Crippen molar-refractivity contribution in [3.63, 3.8) is 0 Å². The van der Waals surface area contributed by atoms with Gasteiger partial charge in [0, 0.05) is 18.0 Å². The molecule has 6 nitrogen and oxygen atoms in total. The standard InChI is InChI=1S/C15H10F3N3O3S/c16-15(17,18)14(24)10(12(22)9-4-2-6-25-9)11(20-13(23)21-14)8-3-1-5-19-7-8/h1-7,24H,(H2,20,21,23). The zero-order valence-corrected chi connectivity index (χ0v) is 13.1. The Labute approximate surface area is 143 Å². The molecule has 2 aromatic rings. The van der Waals surface area contributed by atoms with Crippen LogP contribution in [0, 0.1) is 0 Å². The zero-order chi connectivity index (χ0) is 18.2. The van der Waals surface area contributed by atoms with Crippen molar-refractivity contribution in [2.45, 2.75) is 11.9 Å². The minimum atomic E-state index is -5.32. The van der Waals surface area contributed by atoms with E-state index in [1.807, 2.05) is 0 Å². The first-order valence-electron chi connectivity index (χ1n) is 6.85. The molecule has 1 atom stereocenters. The van der Waals surface area contributed by atoms with Crippen LogP contribution >= 0.6 is 11.3 Å². The fourth-order valence-corrected chi connectivity index (χ4v) is 3.03. The number of nitrogens with zero attached hydrogens (tertiary/aromatic N) is 1. The van der Waals surface area contributed by atoms with E-state index in [4.69, 9.17) is 0 Å². The van der Waals surface area contributed by atoms with E-state index in [2.05, 4.69) is 10.3 Å². The molecule has 3 heterocycles. The third-order valence-electron chi connectivity index (χ3n) is 3.48. The van der Waals surface area contributed by atoms with Crippen molar-refractivity contribution in [2.24, 2.45) is 0 Å². The Morgan fingerprint density at radius 3 is 2.60 bits per heavy atom. The van der Waals surface area contributed by atoms with E-state index in [9.17, 15) is 27.9 Å². The van der Waals surface area contributed by atoms with Crippen LogP contribution in [0.2, 0.25) is 0 Å². The Morgan fingerprint density at radius 2 is 2.04 bits per heavy atom. The molecule has 0 saturated carbocycles. The number of carbonyl (C=O) groups excluding carboxylic acids is 2. The third-order valence-corrected chi connectivity index (χ3v) is 4.35. The van der Waals surface area contributed by atoms with Gasteiger partial charge in [0.25, 0.3) is 5.72 Å². The van der Waals surface area contributed by atoms with Crippen molar-refractivity contribution in [3.05, 3.63) is 58.1 Å². The van der Waals surface area contributed by atoms with Crippen molar-refractivity contribution in [2.75, 3.05) is 0 Å². The van der Waals surface area contributed by atoms with E-state index < -0.39 is 35.0 Å². The number of aliphatic hydroxyl groups is 1. The summed E-state index contributed by atoms with van der Waals surface area (Å²) in [7, 11) is 0. The molecule has 3 N–H and O–H groups in total. The maximum atomic E-state index is 13.5. The van der Waals surface area contributed by atoms with Crippen LogP contribution in [0.4, 0.5) is 18.0 Å². The van der Waals surface area contributed by atoms with Crippen LogP contribution in [0.5, 0.6) is 0 Å². The number of halogens is 3. The van der Waals surface area contributed by atoms with E-state index in [-0.39, 0.29) is 10.4 Å². The van der Waals surface area contributed by atoms with Gasteiger partial charge in [-0.25, -0.2) is 4.79 Å². The SMILES string of the molecule is O=C1NC(c2cccnc2)=C(C(=O)c2cccs2)C(O)(C(F)(F)F)N1. The van der Waals surface area contributed by atoms with E-state index in [0.717, 1.165) is 11.3 Å². The summed E-state index contributed by atoms with van der Waals surface area (Å²) >= 11 is 0.916. The molecule has 1 aliphatic rings. The predicted octanol–water partition coefficient (Wildman–Crippen LogP) is 2.30. The number of nitrogens with one attached hydrogen (secondary N) is 2. The molecule has 0 fully saturated rings. The minimum Gasteiger partial charge on any atom is -0.360 e. The van der Waals surface area contributed by atoms with Crippen molar-refractivity contribution >= 4 is 28.8 Å². The van der Waals surface area contributed by atoms with Gasteiger partial charge >= 0.3 is 12.2 Å². The molecule has 25 heavy (non-hydrogen) atoms. The second-order valence-corrected chi connectivity index (χ2v) is 6.03. The van der Waals surface area contributed by atoms with Gasteiger partial charge in [-0.2, -0.15) is 13.2 Å². The Morgan fingerprint density at radius 1 is 1.28 bits per heavy atom. The molecule has 2 aromatic heterocycles. The Hall–Kier alpha value is -2.72. The van der Waals surface area contributed by atoms with Gasteiger partial charge in [-0.05, 0) is 23.6 Å². The Kier molecular flexibility index (Phi) is 4.09. The molecule has 130 valence electrons. The lowest BCUT2D eigenvalue weighted by molar-refractivity contribution is -0.250. The van der Waals surface area contributed by atoms with Crippen LogP contribution in [0.25, 0.3) is 5.70 Å². The smallest absolute Gasteiger partial charge is 0.360 e. The quantitative estimate of drug-likeness (QED) is 0.724. The highest BCUT2D eigenvalue weighted by molar-refractivity contribution is 7.12. The molecule has 0 aliphatic carbocycles. The predicted molar refractivity (Wildman–Crippen MR) is 82.5 cm³/mol. The molecule has 10 heteroatoms. The van der Waals surface area contributed by atoms with Gasteiger partial charge in [0.2, 0.25) is 5.78 Å². The summed E-state index contributed by atoms with van der Waals surface area (Å²) in [6, 6.07) is 4.32. The van der Waals surface area contributed by atoms with Crippen LogP contribution in [-0.2, 0) is 0 Å². The highest BCUT2D eigenvalue weighted by atomic mass is 32.1. The van der Waals surface area contributed by atoms with Gasteiger partial charge in [-0.3, -0.25) is 15.1 Å². The molecule has 0 saturated heterocycles. The summed E-state index contributed by atoms with van der Waals surface area (Å²) in [5.74, 6) is -1.05. The fourth-order valence-electron chi connectivity index (χ4n) is 2.36. The second kappa shape index (κ2) is 5.97. The van der Waals surface area contributed by atoms with Gasteiger partial charge in [0.05, 0.1) is 16.1 Å². The third kappa shape index (κ3) is 2.89. The molecule has 1 aliphatic heterocycles. The molecule has 2 amide bonds. The first-order chi connectivity index (χ1) is 11.7. The number of ketones is 1. The summed E-state index contributed by atoms with van der Waals surface area (Å²) in [6.07, 6.45) is -2.76. The van der Waals surface area contributed by atoms with Crippen LogP contribution in [0.3, 0.4) is 0 Å².